The standard InChI is InChI=1S/C26H26N2O4/c1-15-8-10-23(32-15)26-25-20(27-18-6-4-5-7-19(18)28-26)12-17(13-21(25)29)16-9-11-22(30-2)24(14-16)31-3/h4-11,14,17,26-28H,12-13H2,1-3H3/t17-,26-/m1/s1. The van der Waals surface area contributed by atoms with Crippen molar-refractivity contribution in [3.63, 3.8) is 0 Å². The summed E-state index contributed by atoms with van der Waals surface area (Å²) in [6.07, 6.45) is 1.13. The van der Waals surface area contributed by atoms with Crippen LogP contribution in [0.3, 0.4) is 0 Å². The number of hydrogen-bond acceptors (Lipinski definition) is 6. The van der Waals surface area contributed by atoms with Crippen molar-refractivity contribution in [2.75, 3.05) is 24.9 Å². The number of Topliss-reactive ketones (excluding diaryl/α,β-unsaturated/α-hetero) is 1. The van der Waals surface area contributed by atoms with E-state index in [1.807, 2.05) is 61.5 Å². The van der Waals surface area contributed by atoms with Gasteiger partial charge in [-0.1, -0.05) is 18.2 Å². The minimum absolute atomic E-state index is 0.0396. The number of allylic oxidation sites excluding steroid dienone is 1. The van der Waals surface area contributed by atoms with Gasteiger partial charge in [-0.3, -0.25) is 4.79 Å². The number of nitrogens with one attached hydrogen (secondary N) is 2. The van der Waals surface area contributed by atoms with Gasteiger partial charge in [0.15, 0.2) is 17.3 Å². The lowest BCUT2D eigenvalue weighted by molar-refractivity contribution is -0.116. The summed E-state index contributed by atoms with van der Waals surface area (Å²) in [6.45, 7) is 1.91. The molecule has 2 aromatic carbocycles. The summed E-state index contributed by atoms with van der Waals surface area (Å²) >= 11 is 0. The first-order valence-corrected chi connectivity index (χ1v) is 10.7. The summed E-state index contributed by atoms with van der Waals surface area (Å²) in [5.74, 6) is 3.06. The first-order valence-electron chi connectivity index (χ1n) is 10.7. The van der Waals surface area contributed by atoms with E-state index in [2.05, 4.69) is 10.6 Å². The number of fused-ring (bicyclic) bond motifs is 1. The largest absolute Gasteiger partial charge is 0.493 e. The maximum absolute atomic E-state index is 13.5. The van der Waals surface area contributed by atoms with Gasteiger partial charge in [0.1, 0.15) is 17.6 Å². The summed E-state index contributed by atoms with van der Waals surface area (Å²) in [5.41, 5.74) is 4.62. The molecule has 0 amide bonds. The van der Waals surface area contributed by atoms with Crippen LogP contribution >= 0.6 is 0 Å². The van der Waals surface area contributed by atoms with Gasteiger partial charge >= 0.3 is 0 Å². The molecule has 0 saturated heterocycles. The van der Waals surface area contributed by atoms with E-state index in [0.29, 0.717) is 24.3 Å². The molecule has 1 aliphatic carbocycles. The van der Waals surface area contributed by atoms with E-state index in [-0.39, 0.29) is 17.7 Å². The van der Waals surface area contributed by atoms with Gasteiger partial charge in [0.2, 0.25) is 0 Å². The van der Waals surface area contributed by atoms with Crippen molar-refractivity contribution in [3.05, 3.63) is 83.0 Å². The Morgan fingerprint density at radius 3 is 2.44 bits per heavy atom. The van der Waals surface area contributed by atoms with Crippen molar-refractivity contribution in [2.24, 2.45) is 0 Å². The Labute approximate surface area is 187 Å². The SMILES string of the molecule is COc1ccc([C@H]2CC(=O)C3=C(C2)Nc2ccccc2N[C@@H]3c2ccc(C)o2)cc1OC. The zero-order valence-corrected chi connectivity index (χ0v) is 18.4. The molecule has 0 fully saturated rings. The highest BCUT2D eigenvalue weighted by molar-refractivity contribution is 6.01. The molecule has 1 aromatic heterocycles. The normalized spacial score (nSPS) is 19.9. The van der Waals surface area contributed by atoms with Crippen LogP contribution in [0.25, 0.3) is 0 Å². The highest BCUT2D eigenvalue weighted by Gasteiger charge is 2.37. The van der Waals surface area contributed by atoms with Crippen molar-refractivity contribution >= 4 is 17.2 Å². The summed E-state index contributed by atoms with van der Waals surface area (Å²) in [7, 11) is 3.24. The molecule has 1 aliphatic heterocycles. The second-order valence-corrected chi connectivity index (χ2v) is 8.23. The number of methoxy groups -OCH3 is 2. The van der Waals surface area contributed by atoms with Crippen molar-refractivity contribution in [1.82, 2.24) is 0 Å². The Morgan fingerprint density at radius 1 is 0.938 bits per heavy atom. The van der Waals surface area contributed by atoms with E-state index >= 15 is 0 Å². The maximum Gasteiger partial charge on any atom is 0.163 e. The minimum Gasteiger partial charge on any atom is -0.493 e. The number of furan rings is 1. The van der Waals surface area contributed by atoms with Gasteiger partial charge < -0.3 is 24.5 Å². The first kappa shape index (κ1) is 20.2. The van der Waals surface area contributed by atoms with Crippen LogP contribution in [0.5, 0.6) is 11.5 Å². The maximum atomic E-state index is 13.5. The smallest absolute Gasteiger partial charge is 0.163 e. The molecule has 2 aliphatic rings. The van der Waals surface area contributed by atoms with Crippen molar-refractivity contribution in [1.29, 1.82) is 0 Å². The monoisotopic (exact) mass is 430 g/mol. The molecule has 2 atom stereocenters. The fourth-order valence-corrected chi connectivity index (χ4v) is 4.66. The first-order chi connectivity index (χ1) is 15.6. The molecule has 2 heterocycles. The van der Waals surface area contributed by atoms with Gasteiger partial charge in [0.05, 0.1) is 25.6 Å². The molecule has 32 heavy (non-hydrogen) atoms. The van der Waals surface area contributed by atoms with Crippen LogP contribution in [0.1, 0.15) is 41.9 Å². The van der Waals surface area contributed by atoms with Gasteiger partial charge in [-0.25, -0.2) is 0 Å². The van der Waals surface area contributed by atoms with Crippen LogP contribution < -0.4 is 20.1 Å². The Hall–Kier alpha value is -3.67. The van der Waals surface area contributed by atoms with Crippen molar-refractivity contribution in [3.8, 4) is 11.5 Å². The number of ether oxygens (including phenoxy) is 2. The third-order valence-electron chi connectivity index (χ3n) is 6.23. The lowest BCUT2D eigenvalue weighted by Crippen LogP contribution is -2.26. The van der Waals surface area contributed by atoms with Gasteiger partial charge in [-0.05, 0) is 61.2 Å². The summed E-state index contributed by atoms with van der Waals surface area (Å²) in [6, 6.07) is 17.4. The molecule has 6 heteroatoms. The average Bonchev–Trinajstić information content (AvgIpc) is 3.16. The average molecular weight is 431 g/mol. The molecule has 2 N–H and O–H groups in total. The fourth-order valence-electron chi connectivity index (χ4n) is 4.66. The van der Waals surface area contributed by atoms with Crippen molar-refractivity contribution < 1.29 is 18.7 Å². The van der Waals surface area contributed by atoms with Crippen LogP contribution in [0.15, 0.2) is 70.3 Å². The van der Waals surface area contributed by atoms with Gasteiger partial charge in [0, 0.05) is 17.7 Å². The number of benzene rings is 2. The van der Waals surface area contributed by atoms with E-state index in [1.54, 1.807) is 14.2 Å². The quantitative estimate of drug-likeness (QED) is 0.563. The summed E-state index contributed by atoms with van der Waals surface area (Å²) in [5, 5.41) is 7.08. The number of hydrogen-bond donors (Lipinski definition) is 2. The number of carbonyl (C=O) groups is 1. The van der Waals surface area contributed by atoms with E-state index in [0.717, 1.165) is 39.7 Å². The molecule has 6 nitrogen and oxygen atoms in total. The molecule has 3 aromatic rings. The Kier molecular flexibility index (Phi) is 5.13. The Morgan fingerprint density at radius 2 is 1.72 bits per heavy atom. The van der Waals surface area contributed by atoms with Crippen LogP contribution in [-0.2, 0) is 4.79 Å². The van der Waals surface area contributed by atoms with Crippen LogP contribution in [0.2, 0.25) is 0 Å². The second kappa shape index (κ2) is 8.11. The predicted octanol–water partition coefficient (Wildman–Crippen LogP) is 5.58. The lowest BCUT2D eigenvalue weighted by atomic mass is 9.79. The molecule has 0 radical (unpaired) electrons. The lowest BCUT2D eigenvalue weighted by Gasteiger charge is -2.29. The predicted molar refractivity (Wildman–Crippen MR) is 123 cm³/mol. The molecule has 0 spiro atoms. The van der Waals surface area contributed by atoms with Crippen LogP contribution in [0.4, 0.5) is 11.4 Å². The Bertz CT molecular complexity index is 1210. The number of carbonyl (C=O) groups excluding carboxylic acids is 1. The molecule has 0 bridgehead atoms. The third-order valence-corrected chi connectivity index (χ3v) is 6.23. The molecular formula is C26H26N2O4. The summed E-state index contributed by atoms with van der Waals surface area (Å²) < 4.78 is 16.8. The number of rotatable bonds is 4. The minimum atomic E-state index is -0.339. The molecule has 5 rings (SSSR count). The van der Waals surface area contributed by atoms with E-state index in [4.69, 9.17) is 13.9 Å². The highest BCUT2D eigenvalue weighted by atomic mass is 16.5. The number of para-hydroxylation sites is 2. The Balaban J connectivity index is 1.57. The zero-order chi connectivity index (χ0) is 22.2. The fraction of sp³-hybridized carbons (Fsp3) is 0.269. The topological polar surface area (TPSA) is 72.7 Å². The van der Waals surface area contributed by atoms with Crippen molar-refractivity contribution in [2.45, 2.75) is 31.7 Å². The van der Waals surface area contributed by atoms with E-state index in [9.17, 15) is 4.79 Å². The molecule has 0 saturated carbocycles. The number of anilines is 2. The third kappa shape index (κ3) is 3.51. The molecule has 0 unspecified atom stereocenters. The number of ketones is 1. The van der Waals surface area contributed by atoms with E-state index < -0.39 is 0 Å². The molecule has 164 valence electrons. The van der Waals surface area contributed by atoms with Crippen LogP contribution in [-0.4, -0.2) is 20.0 Å². The van der Waals surface area contributed by atoms with Gasteiger partial charge in [0.25, 0.3) is 0 Å². The van der Waals surface area contributed by atoms with E-state index in [1.165, 1.54) is 0 Å². The van der Waals surface area contributed by atoms with Gasteiger partial charge in [-0.2, -0.15) is 0 Å². The highest BCUT2D eigenvalue weighted by Crippen LogP contribution is 2.45. The van der Waals surface area contributed by atoms with Crippen LogP contribution in [0, 0.1) is 6.92 Å². The number of aryl methyl sites for hydroxylation is 1. The second-order valence-electron chi connectivity index (χ2n) is 8.23. The molecular weight excluding hydrogens is 404 g/mol. The zero-order valence-electron chi connectivity index (χ0n) is 18.4. The summed E-state index contributed by atoms with van der Waals surface area (Å²) in [4.78, 5) is 13.5. The van der Waals surface area contributed by atoms with Gasteiger partial charge in [-0.15, -0.1) is 0 Å².